The minimum absolute atomic E-state index is 0.252. The van der Waals surface area contributed by atoms with Gasteiger partial charge in [-0.25, -0.2) is 0 Å². The van der Waals surface area contributed by atoms with Crippen LogP contribution in [0.5, 0.6) is 0 Å². The quantitative estimate of drug-likeness (QED) is 0.503. The lowest BCUT2D eigenvalue weighted by Gasteiger charge is -2.26. The Kier molecular flexibility index (Phi) is 1.45. The first kappa shape index (κ1) is 5.53. The van der Waals surface area contributed by atoms with Crippen LogP contribution in [0.1, 0.15) is 0 Å². The van der Waals surface area contributed by atoms with Gasteiger partial charge in [0.25, 0.3) is 0 Å². The van der Waals surface area contributed by atoms with Gasteiger partial charge in [0, 0.05) is 0 Å². The average molecular weight is 130 g/mol. The van der Waals surface area contributed by atoms with E-state index in [9.17, 15) is 5.21 Å². The molecule has 1 N–H and O–H groups in total. The molecular formula is C4H4NO2S-. The molecule has 0 amide bonds. The fourth-order valence-electron chi connectivity index (χ4n) is 0.331. The molecule has 0 bridgehead atoms. The van der Waals surface area contributed by atoms with E-state index in [4.69, 9.17) is 5.11 Å². The first-order valence-electron chi connectivity index (χ1n) is 2.00. The van der Waals surface area contributed by atoms with Gasteiger partial charge in [-0.2, -0.15) is 0 Å². The molecule has 1 aliphatic heterocycles. The Morgan fingerprint density at radius 1 is 1.75 bits per heavy atom. The Labute approximate surface area is 51.0 Å². The maximum absolute atomic E-state index is 10.3. The number of rotatable bonds is 0. The van der Waals surface area contributed by atoms with Crippen molar-refractivity contribution in [3.8, 4) is 0 Å². The van der Waals surface area contributed by atoms with E-state index in [0.29, 0.717) is 4.47 Å². The number of hydrogen-bond acceptors (Lipinski definition) is 4. The molecule has 4 heteroatoms. The molecule has 1 aliphatic rings. The summed E-state index contributed by atoms with van der Waals surface area (Å²) in [6.07, 6.45) is 2.94. The summed E-state index contributed by atoms with van der Waals surface area (Å²) in [5.41, 5.74) is 0. The summed E-state index contributed by atoms with van der Waals surface area (Å²) in [4.78, 5) is 0. The van der Waals surface area contributed by atoms with Crippen LogP contribution in [-0.4, -0.2) is 9.58 Å². The number of allylic oxidation sites excluding steroid dienone is 2. The molecule has 0 unspecified atom stereocenters. The van der Waals surface area contributed by atoms with Gasteiger partial charge < -0.3 is 14.8 Å². The van der Waals surface area contributed by atoms with Gasteiger partial charge in [0.05, 0.1) is 0 Å². The highest BCUT2D eigenvalue weighted by Gasteiger charge is 1.95. The van der Waals surface area contributed by atoms with Crippen LogP contribution in [0.15, 0.2) is 23.4 Å². The summed E-state index contributed by atoms with van der Waals surface area (Å²) in [6.45, 7) is 0. The van der Waals surface area contributed by atoms with Crippen LogP contribution in [0.2, 0.25) is 0 Å². The number of hydrogen-bond donors (Lipinski definition) is 1. The van der Waals surface area contributed by atoms with E-state index in [1.807, 2.05) is 0 Å². The maximum Gasteiger partial charge on any atom is 0.186 e. The van der Waals surface area contributed by atoms with E-state index in [0.717, 1.165) is 11.9 Å². The van der Waals surface area contributed by atoms with Crippen LogP contribution in [0.25, 0.3) is 0 Å². The van der Waals surface area contributed by atoms with Crippen molar-refractivity contribution in [2.75, 3.05) is 0 Å². The van der Waals surface area contributed by atoms with Crippen LogP contribution >= 0.6 is 11.9 Å². The third-order valence-corrected chi connectivity index (χ3v) is 1.32. The highest BCUT2D eigenvalue weighted by atomic mass is 32.2. The molecule has 0 aromatic rings. The summed E-state index contributed by atoms with van der Waals surface area (Å²) in [6, 6.07) is 0. The van der Waals surface area contributed by atoms with Crippen molar-refractivity contribution >= 4 is 11.9 Å². The van der Waals surface area contributed by atoms with E-state index < -0.39 is 0 Å². The van der Waals surface area contributed by atoms with E-state index in [1.165, 1.54) is 6.08 Å². The lowest BCUT2D eigenvalue weighted by atomic mass is 10.6. The van der Waals surface area contributed by atoms with Gasteiger partial charge in [-0.15, -0.1) is 0 Å². The molecular weight excluding hydrogens is 126 g/mol. The molecule has 0 radical (unpaired) electrons. The molecule has 0 fully saturated rings. The lowest BCUT2D eigenvalue weighted by molar-refractivity contribution is 0.333. The van der Waals surface area contributed by atoms with Gasteiger partial charge in [-0.05, 0) is 29.5 Å². The number of aliphatic hydroxyl groups excluding tert-OH is 1. The normalized spacial score (nSPS) is 18.6. The lowest BCUT2D eigenvalue weighted by Crippen LogP contribution is -2.05. The monoisotopic (exact) mass is 130 g/mol. The smallest absolute Gasteiger partial charge is 0.186 e. The number of nitrogens with zero attached hydrogens (tertiary/aromatic N) is 1. The van der Waals surface area contributed by atoms with Crippen LogP contribution in [0.4, 0.5) is 0 Å². The molecule has 0 atom stereocenters. The predicted octanol–water partition coefficient (Wildman–Crippen LogP) is 1.36. The van der Waals surface area contributed by atoms with Crippen molar-refractivity contribution in [2.45, 2.75) is 0 Å². The Bertz CT molecular complexity index is 143. The van der Waals surface area contributed by atoms with E-state index >= 15 is 0 Å². The summed E-state index contributed by atoms with van der Waals surface area (Å²) in [5, 5.41) is 20.5. The molecule has 1 rings (SSSR count). The first-order valence-corrected chi connectivity index (χ1v) is 2.84. The highest BCUT2D eigenvalue weighted by molar-refractivity contribution is 8.00. The fourth-order valence-corrected chi connectivity index (χ4v) is 0.759. The van der Waals surface area contributed by atoms with Crippen LogP contribution in [0, 0.1) is 5.21 Å². The Hall–Kier alpha value is -0.610. The molecule has 3 nitrogen and oxygen atoms in total. The molecule has 8 heavy (non-hydrogen) atoms. The Morgan fingerprint density at radius 3 is 2.88 bits per heavy atom. The maximum atomic E-state index is 10.3. The van der Waals surface area contributed by atoms with Crippen molar-refractivity contribution in [1.82, 2.24) is 4.47 Å². The van der Waals surface area contributed by atoms with E-state index in [2.05, 4.69) is 0 Å². The van der Waals surface area contributed by atoms with E-state index in [-0.39, 0.29) is 5.88 Å². The van der Waals surface area contributed by atoms with Gasteiger partial charge in [-0.1, -0.05) is 0 Å². The van der Waals surface area contributed by atoms with E-state index in [1.54, 1.807) is 11.5 Å². The molecule has 44 valence electrons. The topological polar surface area (TPSA) is 46.5 Å². The molecule has 0 aromatic heterocycles. The van der Waals surface area contributed by atoms with Crippen molar-refractivity contribution in [3.05, 3.63) is 28.7 Å². The van der Waals surface area contributed by atoms with Crippen molar-refractivity contribution in [3.63, 3.8) is 0 Å². The Morgan fingerprint density at radius 2 is 2.50 bits per heavy atom. The molecule has 0 saturated heterocycles. The van der Waals surface area contributed by atoms with Crippen molar-refractivity contribution in [1.29, 1.82) is 0 Å². The number of aliphatic hydroxyl groups is 1. The summed E-state index contributed by atoms with van der Waals surface area (Å²) in [5.74, 6) is -0.252. The van der Waals surface area contributed by atoms with Gasteiger partial charge >= 0.3 is 0 Å². The SMILES string of the molecule is [O-]N1SC=CC=C1O. The third-order valence-electron chi connectivity index (χ3n) is 0.668. The highest BCUT2D eigenvalue weighted by Crippen LogP contribution is 2.18. The van der Waals surface area contributed by atoms with Crippen molar-refractivity contribution in [2.24, 2.45) is 0 Å². The van der Waals surface area contributed by atoms with Crippen LogP contribution < -0.4 is 0 Å². The second-order valence-corrected chi connectivity index (χ2v) is 2.03. The van der Waals surface area contributed by atoms with Gasteiger partial charge in [0.2, 0.25) is 0 Å². The Balaban J connectivity index is 2.66. The zero-order valence-electron chi connectivity index (χ0n) is 3.94. The molecule has 0 aromatic carbocycles. The van der Waals surface area contributed by atoms with Crippen LogP contribution in [0.3, 0.4) is 0 Å². The molecule has 0 saturated carbocycles. The van der Waals surface area contributed by atoms with Gasteiger partial charge in [0.1, 0.15) is 0 Å². The summed E-state index contributed by atoms with van der Waals surface area (Å²) < 4.78 is 0.431. The largest absolute Gasteiger partial charge is 0.746 e. The zero-order chi connectivity index (χ0) is 5.98. The average Bonchev–Trinajstić information content (AvgIpc) is 1.77. The minimum atomic E-state index is -0.252. The van der Waals surface area contributed by atoms with Crippen molar-refractivity contribution < 1.29 is 5.11 Å². The summed E-state index contributed by atoms with van der Waals surface area (Å²) >= 11 is 0.905. The standard InChI is InChI=1S/C4H4NO2S/c6-4-2-1-3-8-5(4)7/h1-3,6H/q-1. The second-order valence-electron chi connectivity index (χ2n) is 1.22. The first-order chi connectivity index (χ1) is 3.80. The van der Waals surface area contributed by atoms with Gasteiger partial charge in [0.15, 0.2) is 5.88 Å². The fraction of sp³-hybridized carbons (Fsp3) is 0. The number of hydroxylamine groups is 1. The second kappa shape index (κ2) is 2.11. The molecule has 1 heterocycles. The molecule has 0 aliphatic carbocycles. The van der Waals surface area contributed by atoms with Gasteiger partial charge in [-0.3, -0.25) is 0 Å². The third kappa shape index (κ3) is 0.962. The molecule has 0 spiro atoms. The van der Waals surface area contributed by atoms with Crippen LogP contribution in [-0.2, 0) is 0 Å². The zero-order valence-corrected chi connectivity index (χ0v) is 4.76. The summed E-state index contributed by atoms with van der Waals surface area (Å²) in [7, 11) is 0. The predicted molar refractivity (Wildman–Crippen MR) is 32.6 cm³/mol. The minimum Gasteiger partial charge on any atom is -0.746 e.